The largest absolute Gasteiger partial charge is 0.349 e. The third kappa shape index (κ3) is 4.73. The number of nitrogens with zero attached hydrogens (tertiary/aromatic N) is 2. The molecule has 0 saturated heterocycles. The summed E-state index contributed by atoms with van der Waals surface area (Å²) in [5.41, 5.74) is 3.15. The van der Waals surface area contributed by atoms with E-state index >= 15 is 0 Å². The summed E-state index contributed by atoms with van der Waals surface area (Å²) in [5, 5.41) is 7.03. The van der Waals surface area contributed by atoms with Crippen LogP contribution in [0.5, 0.6) is 0 Å². The van der Waals surface area contributed by atoms with Crippen molar-refractivity contribution in [3.8, 4) is 11.4 Å². The summed E-state index contributed by atoms with van der Waals surface area (Å²) < 4.78 is 5.29. The number of rotatable bonds is 7. The van der Waals surface area contributed by atoms with E-state index < -0.39 is 0 Å². The van der Waals surface area contributed by atoms with Crippen molar-refractivity contribution in [3.05, 3.63) is 71.6 Å². The first-order valence-corrected chi connectivity index (χ1v) is 9.59. The molecule has 0 aliphatic carbocycles. The van der Waals surface area contributed by atoms with Crippen molar-refractivity contribution in [1.29, 1.82) is 0 Å². The molecule has 6 heteroatoms. The SMILES string of the molecule is Cc1ccccc1-c1noc(CSCC(=O)NC(C)c2ccccc2)n1. The highest BCUT2D eigenvalue weighted by atomic mass is 32.2. The monoisotopic (exact) mass is 367 g/mol. The average Bonchev–Trinajstić information content (AvgIpc) is 3.11. The summed E-state index contributed by atoms with van der Waals surface area (Å²) >= 11 is 1.46. The molecule has 0 bridgehead atoms. The predicted octanol–water partition coefficient (Wildman–Crippen LogP) is 4.16. The lowest BCUT2D eigenvalue weighted by Gasteiger charge is -2.13. The molecule has 0 saturated carbocycles. The van der Waals surface area contributed by atoms with E-state index in [4.69, 9.17) is 4.52 Å². The highest BCUT2D eigenvalue weighted by Gasteiger charge is 2.12. The summed E-state index contributed by atoms with van der Waals surface area (Å²) in [6.45, 7) is 3.99. The summed E-state index contributed by atoms with van der Waals surface area (Å²) in [6.07, 6.45) is 0. The molecule has 1 aromatic heterocycles. The van der Waals surface area contributed by atoms with Crippen LogP contribution in [0.3, 0.4) is 0 Å². The Bertz CT molecular complexity index is 864. The lowest BCUT2D eigenvalue weighted by Crippen LogP contribution is -2.28. The van der Waals surface area contributed by atoms with Crippen LogP contribution in [0.15, 0.2) is 59.1 Å². The van der Waals surface area contributed by atoms with Crippen molar-refractivity contribution in [2.75, 3.05) is 5.75 Å². The van der Waals surface area contributed by atoms with Crippen molar-refractivity contribution >= 4 is 17.7 Å². The van der Waals surface area contributed by atoms with Gasteiger partial charge >= 0.3 is 0 Å². The maximum Gasteiger partial charge on any atom is 0.236 e. The smallest absolute Gasteiger partial charge is 0.236 e. The second-order valence-electron chi connectivity index (χ2n) is 6.02. The number of benzene rings is 2. The molecule has 0 aliphatic heterocycles. The van der Waals surface area contributed by atoms with Crippen molar-refractivity contribution in [2.45, 2.75) is 25.6 Å². The fourth-order valence-corrected chi connectivity index (χ4v) is 3.25. The van der Waals surface area contributed by atoms with Crippen LogP contribution in [0, 0.1) is 6.92 Å². The van der Waals surface area contributed by atoms with Gasteiger partial charge in [-0.25, -0.2) is 0 Å². The normalized spacial score (nSPS) is 11.9. The molecule has 134 valence electrons. The number of thioether (sulfide) groups is 1. The molecule has 1 N–H and O–H groups in total. The lowest BCUT2D eigenvalue weighted by atomic mass is 10.1. The number of carbonyl (C=O) groups excluding carboxylic acids is 1. The molecule has 1 atom stereocenters. The van der Waals surface area contributed by atoms with E-state index in [0.717, 1.165) is 16.7 Å². The molecule has 5 nitrogen and oxygen atoms in total. The highest BCUT2D eigenvalue weighted by Crippen LogP contribution is 2.21. The van der Waals surface area contributed by atoms with Gasteiger partial charge in [0.2, 0.25) is 17.6 Å². The van der Waals surface area contributed by atoms with Crippen LogP contribution >= 0.6 is 11.8 Å². The molecule has 1 heterocycles. The highest BCUT2D eigenvalue weighted by molar-refractivity contribution is 7.99. The van der Waals surface area contributed by atoms with Crippen molar-refractivity contribution in [2.24, 2.45) is 0 Å². The number of aryl methyl sites for hydroxylation is 1. The fourth-order valence-electron chi connectivity index (χ4n) is 2.59. The molecule has 26 heavy (non-hydrogen) atoms. The number of carbonyl (C=O) groups is 1. The molecule has 3 rings (SSSR count). The number of hydrogen-bond acceptors (Lipinski definition) is 5. The Kier molecular flexibility index (Phi) is 6.07. The topological polar surface area (TPSA) is 68.0 Å². The van der Waals surface area contributed by atoms with Gasteiger partial charge < -0.3 is 9.84 Å². The van der Waals surface area contributed by atoms with Gasteiger partial charge in [0.05, 0.1) is 17.5 Å². The van der Waals surface area contributed by atoms with Gasteiger partial charge in [-0.3, -0.25) is 4.79 Å². The minimum Gasteiger partial charge on any atom is -0.349 e. The molecule has 1 unspecified atom stereocenters. The number of aromatic nitrogens is 2. The zero-order chi connectivity index (χ0) is 18.4. The maximum atomic E-state index is 12.1. The molecule has 0 radical (unpaired) electrons. The van der Waals surface area contributed by atoms with E-state index in [1.807, 2.05) is 68.4 Å². The standard InChI is InChI=1S/C20H21N3O2S/c1-14-8-6-7-11-17(14)20-22-19(25-23-20)13-26-12-18(24)21-15(2)16-9-4-3-5-10-16/h3-11,15H,12-13H2,1-2H3,(H,21,24). The Balaban J connectivity index is 1.48. The van der Waals surface area contributed by atoms with Crippen LogP contribution < -0.4 is 5.32 Å². The first kappa shape index (κ1) is 18.2. The van der Waals surface area contributed by atoms with E-state index in [9.17, 15) is 4.79 Å². The van der Waals surface area contributed by atoms with E-state index in [1.165, 1.54) is 11.8 Å². The van der Waals surface area contributed by atoms with E-state index in [2.05, 4.69) is 15.5 Å². The summed E-state index contributed by atoms with van der Waals surface area (Å²) in [4.78, 5) is 16.5. The first-order chi connectivity index (χ1) is 12.6. The molecule has 2 aromatic carbocycles. The fraction of sp³-hybridized carbons (Fsp3) is 0.250. The number of nitrogens with one attached hydrogen (secondary N) is 1. The third-order valence-electron chi connectivity index (χ3n) is 3.99. The Hall–Kier alpha value is -2.60. The van der Waals surface area contributed by atoms with Gasteiger partial charge in [-0.1, -0.05) is 59.8 Å². The summed E-state index contributed by atoms with van der Waals surface area (Å²) in [5.74, 6) is 1.95. The lowest BCUT2D eigenvalue weighted by molar-refractivity contribution is -0.119. The Morgan fingerprint density at radius 3 is 2.65 bits per heavy atom. The van der Waals surface area contributed by atoms with Crippen LogP contribution in [0.2, 0.25) is 0 Å². The predicted molar refractivity (Wildman–Crippen MR) is 104 cm³/mol. The van der Waals surface area contributed by atoms with E-state index in [1.54, 1.807) is 0 Å². The molecule has 0 spiro atoms. The molecule has 0 aliphatic rings. The molecule has 1 amide bonds. The van der Waals surface area contributed by atoms with Gasteiger partial charge in [0.15, 0.2) is 0 Å². The Morgan fingerprint density at radius 1 is 1.15 bits per heavy atom. The van der Waals surface area contributed by atoms with E-state index in [0.29, 0.717) is 23.2 Å². The third-order valence-corrected chi connectivity index (χ3v) is 4.91. The number of hydrogen-bond donors (Lipinski definition) is 1. The van der Waals surface area contributed by atoms with Gasteiger partial charge in [-0.2, -0.15) is 4.98 Å². The van der Waals surface area contributed by atoms with Gasteiger partial charge in [0, 0.05) is 5.56 Å². The second kappa shape index (κ2) is 8.67. The first-order valence-electron chi connectivity index (χ1n) is 8.44. The minimum absolute atomic E-state index is 0.00926. The van der Waals surface area contributed by atoms with Crippen molar-refractivity contribution < 1.29 is 9.32 Å². The maximum absolute atomic E-state index is 12.1. The minimum atomic E-state index is -0.0136. The Labute approximate surface area is 157 Å². The van der Waals surface area contributed by atoms with Crippen LogP contribution in [-0.4, -0.2) is 21.8 Å². The van der Waals surface area contributed by atoms with Crippen LogP contribution in [0.4, 0.5) is 0 Å². The Morgan fingerprint density at radius 2 is 1.88 bits per heavy atom. The van der Waals surface area contributed by atoms with Crippen molar-refractivity contribution in [1.82, 2.24) is 15.5 Å². The van der Waals surface area contributed by atoms with Crippen molar-refractivity contribution in [3.63, 3.8) is 0 Å². The van der Waals surface area contributed by atoms with Gasteiger partial charge in [0.25, 0.3) is 0 Å². The average molecular weight is 367 g/mol. The van der Waals surface area contributed by atoms with Gasteiger partial charge in [-0.15, -0.1) is 11.8 Å². The quantitative estimate of drug-likeness (QED) is 0.679. The second-order valence-corrected chi connectivity index (χ2v) is 7.00. The van der Waals surface area contributed by atoms with E-state index in [-0.39, 0.29) is 11.9 Å². The zero-order valence-electron chi connectivity index (χ0n) is 14.8. The van der Waals surface area contributed by atoms with Crippen LogP contribution in [0.1, 0.15) is 30.0 Å². The summed E-state index contributed by atoms with van der Waals surface area (Å²) in [6, 6.07) is 17.8. The van der Waals surface area contributed by atoms with Crippen LogP contribution in [-0.2, 0) is 10.5 Å². The molecular weight excluding hydrogens is 346 g/mol. The van der Waals surface area contributed by atoms with Gasteiger partial charge in [-0.05, 0) is 25.0 Å². The van der Waals surface area contributed by atoms with Gasteiger partial charge in [0.1, 0.15) is 0 Å². The summed E-state index contributed by atoms with van der Waals surface area (Å²) in [7, 11) is 0. The number of amides is 1. The zero-order valence-corrected chi connectivity index (χ0v) is 15.6. The van der Waals surface area contributed by atoms with Crippen LogP contribution in [0.25, 0.3) is 11.4 Å². The molecular formula is C20H21N3O2S. The molecule has 3 aromatic rings. The molecule has 0 fully saturated rings.